The van der Waals surface area contributed by atoms with Crippen LogP contribution in [-0.2, 0) is 9.47 Å². The van der Waals surface area contributed by atoms with Gasteiger partial charge in [0.25, 0.3) is 5.91 Å². The number of carboxylic acids is 1. The van der Waals surface area contributed by atoms with Gasteiger partial charge in [-0.3, -0.25) is 4.79 Å². The van der Waals surface area contributed by atoms with Crippen LogP contribution in [0.2, 0.25) is 0 Å². The van der Waals surface area contributed by atoms with Crippen molar-refractivity contribution in [1.29, 1.82) is 0 Å². The molecule has 0 unspecified atom stereocenters. The van der Waals surface area contributed by atoms with E-state index in [0.29, 0.717) is 19.6 Å². The van der Waals surface area contributed by atoms with Crippen molar-refractivity contribution in [3.05, 3.63) is 29.6 Å². The number of aromatic carboxylic acids is 1. The minimum atomic E-state index is -1.15. The highest BCUT2D eigenvalue weighted by Gasteiger charge is 2.14. The van der Waals surface area contributed by atoms with Crippen LogP contribution >= 0.6 is 0 Å². The largest absolute Gasteiger partial charge is 0.477 e. The summed E-state index contributed by atoms with van der Waals surface area (Å²) in [6.07, 6.45) is 2.77. The quantitative estimate of drug-likeness (QED) is 0.732. The Morgan fingerprint density at radius 1 is 1.32 bits per heavy atom. The molecule has 0 radical (unpaired) electrons. The van der Waals surface area contributed by atoms with Crippen molar-refractivity contribution < 1.29 is 24.2 Å². The predicted molar refractivity (Wildman–Crippen MR) is 77.9 cm³/mol. The number of carbonyl (C=O) groups is 2. The lowest BCUT2D eigenvalue weighted by atomic mass is 10.1. The molecule has 2 N–H and O–H groups in total. The second kappa shape index (κ2) is 8.45. The fraction of sp³-hybridized carbons (Fsp3) is 0.533. The number of carbonyl (C=O) groups excluding carboxylic acids is 1. The van der Waals surface area contributed by atoms with E-state index >= 15 is 0 Å². The van der Waals surface area contributed by atoms with Crippen molar-refractivity contribution in [2.45, 2.75) is 25.4 Å². The Labute approximate surface area is 128 Å². The second-order valence-electron chi connectivity index (χ2n) is 5.01. The summed E-state index contributed by atoms with van der Waals surface area (Å²) in [6.45, 7) is 2.52. The number of nitrogens with zero attached hydrogens (tertiary/aromatic N) is 1. The molecule has 0 aromatic carbocycles. The van der Waals surface area contributed by atoms with E-state index < -0.39 is 5.97 Å². The van der Waals surface area contributed by atoms with Gasteiger partial charge in [-0.15, -0.1) is 0 Å². The van der Waals surface area contributed by atoms with Gasteiger partial charge in [-0.25, -0.2) is 9.78 Å². The molecule has 2 rings (SSSR count). The van der Waals surface area contributed by atoms with Crippen molar-refractivity contribution in [2.24, 2.45) is 0 Å². The third kappa shape index (κ3) is 5.09. The first-order chi connectivity index (χ1) is 10.7. The third-order valence-corrected chi connectivity index (χ3v) is 3.33. The molecule has 7 nitrogen and oxygen atoms in total. The van der Waals surface area contributed by atoms with E-state index in [-0.39, 0.29) is 23.4 Å². The van der Waals surface area contributed by atoms with Gasteiger partial charge in [-0.05, 0) is 31.4 Å². The molecule has 1 amide bonds. The molecule has 1 fully saturated rings. The molecule has 0 saturated carbocycles. The van der Waals surface area contributed by atoms with Gasteiger partial charge in [0.05, 0.1) is 6.10 Å². The van der Waals surface area contributed by atoms with Crippen LogP contribution in [0.25, 0.3) is 0 Å². The van der Waals surface area contributed by atoms with Crippen LogP contribution < -0.4 is 5.32 Å². The lowest BCUT2D eigenvalue weighted by Gasteiger charge is -2.22. The molecular formula is C15H20N2O5. The fourth-order valence-corrected chi connectivity index (χ4v) is 2.14. The van der Waals surface area contributed by atoms with E-state index in [2.05, 4.69) is 10.3 Å². The SMILES string of the molecule is O=C(O)c1cccc(C(=O)NCCCOC2CCOCC2)n1. The van der Waals surface area contributed by atoms with E-state index in [1.807, 2.05) is 0 Å². The first kappa shape index (κ1) is 16.4. The Kier molecular flexibility index (Phi) is 6.29. The van der Waals surface area contributed by atoms with Gasteiger partial charge < -0.3 is 19.9 Å². The number of hydrogen-bond acceptors (Lipinski definition) is 5. The Hall–Kier alpha value is -1.99. The maximum atomic E-state index is 11.9. The fourth-order valence-electron chi connectivity index (χ4n) is 2.14. The van der Waals surface area contributed by atoms with Crippen molar-refractivity contribution in [1.82, 2.24) is 10.3 Å². The molecule has 1 aromatic heterocycles. The summed E-state index contributed by atoms with van der Waals surface area (Å²) in [7, 11) is 0. The number of aromatic nitrogens is 1. The van der Waals surface area contributed by atoms with Gasteiger partial charge in [-0.1, -0.05) is 6.07 Å². The summed E-state index contributed by atoms with van der Waals surface area (Å²) in [5.74, 6) is -1.53. The highest BCUT2D eigenvalue weighted by molar-refractivity contribution is 5.94. The van der Waals surface area contributed by atoms with Crippen LogP contribution in [0.1, 0.15) is 40.2 Å². The molecule has 0 atom stereocenters. The van der Waals surface area contributed by atoms with Crippen LogP contribution in [-0.4, -0.2) is 54.4 Å². The molecule has 1 saturated heterocycles. The number of amides is 1. The highest BCUT2D eigenvalue weighted by Crippen LogP contribution is 2.10. The van der Waals surface area contributed by atoms with Crippen molar-refractivity contribution in [2.75, 3.05) is 26.4 Å². The molecule has 7 heteroatoms. The molecular weight excluding hydrogens is 288 g/mol. The Morgan fingerprint density at radius 3 is 2.77 bits per heavy atom. The Balaban J connectivity index is 1.67. The van der Waals surface area contributed by atoms with Crippen LogP contribution in [0.15, 0.2) is 18.2 Å². The normalized spacial score (nSPS) is 15.5. The summed E-state index contributed by atoms with van der Waals surface area (Å²) >= 11 is 0. The van der Waals surface area contributed by atoms with E-state index in [1.165, 1.54) is 18.2 Å². The smallest absolute Gasteiger partial charge is 0.354 e. The van der Waals surface area contributed by atoms with Gasteiger partial charge in [-0.2, -0.15) is 0 Å². The molecule has 120 valence electrons. The summed E-state index contributed by atoms with van der Waals surface area (Å²) < 4.78 is 10.9. The molecule has 22 heavy (non-hydrogen) atoms. The summed E-state index contributed by atoms with van der Waals surface area (Å²) in [4.78, 5) is 26.5. The monoisotopic (exact) mass is 308 g/mol. The summed E-state index contributed by atoms with van der Waals surface area (Å²) in [5, 5.41) is 11.5. The Morgan fingerprint density at radius 2 is 2.05 bits per heavy atom. The van der Waals surface area contributed by atoms with Crippen molar-refractivity contribution in [3.63, 3.8) is 0 Å². The maximum Gasteiger partial charge on any atom is 0.354 e. The topological polar surface area (TPSA) is 97.8 Å². The lowest BCUT2D eigenvalue weighted by molar-refractivity contribution is -0.0321. The zero-order valence-corrected chi connectivity index (χ0v) is 12.3. The van der Waals surface area contributed by atoms with Gasteiger partial charge in [0, 0.05) is 26.4 Å². The molecule has 1 aliphatic rings. The van der Waals surface area contributed by atoms with E-state index in [4.69, 9.17) is 14.6 Å². The lowest BCUT2D eigenvalue weighted by Crippen LogP contribution is -2.28. The molecule has 1 aromatic rings. The maximum absolute atomic E-state index is 11.9. The van der Waals surface area contributed by atoms with Gasteiger partial charge in [0.1, 0.15) is 11.4 Å². The van der Waals surface area contributed by atoms with Gasteiger partial charge in [0.2, 0.25) is 0 Å². The van der Waals surface area contributed by atoms with Crippen LogP contribution in [0.3, 0.4) is 0 Å². The number of pyridine rings is 1. The van der Waals surface area contributed by atoms with E-state index in [1.54, 1.807) is 0 Å². The number of nitrogens with one attached hydrogen (secondary N) is 1. The second-order valence-corrected chi connectivity index (χ2v) is 5.01. The molecule has 0 bridgehead atoms. The van der Waals surface area contributed by atoms with Crippen LogP contribution in [0, 0.1) is 0 Å². The first-order valence-corrected chi connectivity index (χ1v) is 7.34. The zero-order valence-electron chi connectivity index (χ0n) is 12.3. The third-order valence-electron chi connectivity index (χ3n) is 3.33. The summed E-state index contributed by atoms with van der Waals surface area (Å²) in [5.41, 5.74) is -0.0410. The summed E-state index contributed by atoms with van der Waals surface area (Å²) in [6, 6.07) is 4.33. The number of carboxylic acid groups (broad SMARTS) is 1. The zero-order chi connectivity index (χ0) is 15.8. The van der Waals surface area contributed by atoms with Crippen LogP contribution in [0.5, 0.6) is 0 Å². The highest BCUT2D eigenvalue weighted by atomic mass is 16.5. The van der Waals surface area contributed by atoms with E-state index in [9.17, 15) is 9.59 Å². The molecule has 1 aliphatic heterocycles. The molecule has 0 aliphatic carbocycles. The van der Waals surface area contributed by atoms with Gasteiger partial charge in [0.15, 0.2) is 0 Å². The average Bonchev–Trinajstić information content (AvgIpc) is 2.55. The van der Waals surface area contributed by atoms with Crippen LogP contribution in [0.4, 0.5) is 0 Å². The number of ether oxygens (including phenoxy) is 2. The Bertz CT molecular complexity index is 514. The van der Waals surface area contributed by atoms with Crippen molar-refractivity contribution in [3.8, 4) is 0 Å². The van der Waals surface area contributed by atoms with Crippen molar-refractivity contribution >= 4 is 11.9 Å². The standard InChI is InChI=1S/C15H20N2O5/c18-14(12-3-1-4-13(17-12)15(19)20)16-7-2-8-22-11-5-9-21-10-6-11/h1,3-4,11H,2,5-10H2,(H,16,18)(H,19,20). The predicted octanol–water partition coefficient (Wildman–Crippen LogP) is 1.10. The molecule has 0 spiro atoms. The molecule has 2 heterocycles. The van der Waals surface area contributed by atoms with Gasteiger partial charge >= 0.3 is 5.97 Å². The first-order valence-electron chi connectivity index (χ1n) is 7.34. The van der Waals surface area contributed by atoms with E-state index in [0.717, 1.165) is 26.1 Å². The average molecular weight is 308 g/mol. The number of rotatable bonds is 7. The minimum absolute atomic E-state index is 0.102. The number of hydrogen-bond donors (Lipinski definition) is 2. The minimum Gasteiger partial charge on any atom is -0.477 e.